The Morgan fingerprint density at radius 1 is 1.35 bits per heavy atom. The van der Waals surface area contributed by atoms with E-state index in [0.29, 0.717) is 15.4 Å². The quantitative estimate of drug-likeness (QED) is 0.842. The minimum atomic E-state index is -3.24. The second kappa shape index (κ2) is 4.03. The Morgan fingerprint density at radius 2 is 2.00 bits per heavy atom. The first-order chi connectivity index (χ1) is 7.86. The summed E-state index contributed by atoms with van der Waals surface area (Å²) in [6, 6.07) is 3.61. The van der Waals surface area contributed by atoms with Crippen molar-refractivity contribution in [3.63, 3.8) is 0 Å². The van der Waals surface area contributed by atoms with Crippen LogP contribution in [0.3, 0.4) is 0 Å². The largest absolute Gasteiger partial charge is 0.348 e. The number of sulfone groups is 1. The highest BCUT2D eigenvalue weighted by Gasteiger charge is 2.19. The van der Waals surface area contributed by atoms with Gasteiger partial charge in [0.15, 0.2) is 9.84 Å². The molecule has 0 saturated carbocycles. The molecule has 3 nitrogen and oxygen atoms in total. The Labute approximate surface area is 106 Å². The van der Waals surface area contributed by atoms with Crippen molar-refractivity contribution in [2.45, 2.75) is 18.7 Å². The fraction of sp³-hybridized carbons (Fsp3) is 0.333. The predicted molar refractivity (Wildman–Crippen MR) is 70.4 cm³/mol. The van der Waals surface area contributed by atoms with Crippen molar-refractivity contribution >= 4 is 32.3 Å². The van der Waals surface area contributed by atoms with Gasteiger partial charge in [0.1, 0.15) is 0 Å². The van der Waals surface area contributed by atoms with E-state index in [0.717, 1.165) is 10.9 Å². The van der Waals surface area contributed by atoms with Gasteiger partial charge in [-0.25, -0.2) is 8.42 Å². The second-order valence-electron chi connectivity index (χ2n) is 4.15. The lowest BCUT2D eigenvalue weighted by Crippen LogP contribution is -2.06. The molecule has 0 fully saturated rings. The lowest BCUT2D eigenvalue weighted by molar-refractivity contribution is 0.597. The summed E-state index contributed by atoms with van der Waals surface area (Å²) in [5.74, 6) is 0.0916. The summed E-state index contributed by atoms with van der Waals surface area (Å²) < 4.78 is 25.9. The number of rotatable bonds is 2. The SMILES string of the molecule is CCS(=O)(=O)c1cc(C)cc2c(Cl)cn(C)c12. The number of nitrogens with zero attached hydrogens (tertiary/aromatic N) is 1. The van der Waals surface area contributed by atoms with E-state index in [9.17, 15) is 8.42 Å². The number of fused-ring (bicyclic) bond motifs is 1. The smallest absolute Gasteiger partial charge is 0.180 e. The summed E-state index contributed by atoms with van der Waals surface area (Å²) in [5, 5.41) is 1.37. The predicted octanol–water partition coefficient (Wildman–Crippen LogP) is 2.93. The number of hydrogen-bond acceptors (Lipinski definition) is 2. The van der Waals surface area contributed by atoms with Crippen LogP contribution in [0, 0.1) is 6.92 Å². The van der Waals surface area contributed by atoms with E-state index in [1.165, 1.54) is 0 Å². The summed E-state index contributed by atoms with van der Waals surface area (Å²) in [6.45, 7) is 3.52. The average molecular weight is 272 g/mol. The van der Waals surface area contributed by atoms with Crippen LogP contribution in [0.2, 0.25) is 5.02 Å². The van der Waals surface area contributed by atoms with Crippen molar-refractivity contribution in [2.24, 2.45) is 7.05 Å². The molecule has 0 bridgehead atoms. The van der Waals surface area contributed by atoms with Gasteiger partial charge >= 0.3 is 0 Å². The zero-order valence-corrected chi connectivity index (χ0v) is 11.6. The maximum Gasteiger partial charge on any atom is 0.180 e. The number of hydrogen-bond donors (Lipinski definition) is 0. The Balaban J connectivity index is 2.98. The van der Waals surface area contributed by atoms with E-state index in [-0.39, 0.29) is 5.75 Å². The normalized spacial score (nSPS) is 12.2. The first-order valence-electron chi connectivity index (χ1n) is 5.34. The molecular weight excluding hydrogens is 258 g/mol. The first-order valence-corrected chi connectivity index (χ1v) is 7.37. The van der Waals surface area contributed by atoms with Gasteiger partial charge in [0.2, 0.25) is 0 Å². The van der Waals surface area contributed by atoms with Gasteiger partial charge in [0, 0.05) is 18.6 Å². The molecule has 0 amide bonds. The van der Waals surface area contributed by atoms with Crippen LogP contribution in [0.1, 0.15) is 12.5 Å². The summed E-state index contributed by atoms with van der Waals surface area (Å²) in [4.78, 5) is 0.365. The summed E-state index contributed by atoms with van der Waals surface area (Å²) in [7, 11) is -1.43. The molecule has 0 N–H and O–H groups in total. The van der Waals surface area contributed by atoms with E-state index in [2.05, 4.69) is 0 Å². The van der Waals surface area contributed by atoms with Crippen LogP contribution < -0.4 is 0 Å². The van der Waals surface area contributed by atoms with Crippen LogP contribution in [0.4, 0.5) is 0 Å². The maximum atomic E-state index is 12.1. The van der Waals surface area contributed by atoms with E-state index in [1.54, 1.807) is 30.8 Å². The molecule has 1 heterocycles. The third-order valence-electron chi connectivity index (χ3n) is 2.85. The fourth-order valence-corrected chi connectivity index (χ4v) is 3.50. The highest BCUT2D eigenvalue weighted by Crippen LogP contribution is 2.31. The van der Waals surface area contributed by atoms with Gasteiger partial charge in [-0.05, 0) is 24.6 Å². The molecule has 92 valence electrons. The number of aryl methyl sites for hydroxylation is 2. The Morgan fingerprint density at radius 3 is 2.59 bits per heavy atom. The van der Waals surface area contributed by atoms with Crippen LogP contribution >= 0.6 is 11.6 Å². The topological polar surface area (TPSA) is 39.1 Å². The van der Waals surface area contributed by atoms with E-state index >= 15 is 0 Å². The molecule has 0 unspecified atom stereocenters. The number of benzene rings is 1. The molecule has 0 aliphatic heterocycles. The first kappa shape index (κ1) is 12.5. The highest BCUT2D eigenvalue weighted by molar-refractivity contribution is 7.91. The third-order valence-corrected chi connectivity index (χ3v) is 4.89. The van der Waals surface area contributed by atoms with Crippen LogP contribution in [-0.2, 0) is 16.9 Å². The molecule has 5 heteroatoms. The van der Waals surface area contributed by atoms with Crippen LogP contribution in [0.25, 0.3) is 10.9 Å². The van der Waals surface area contributed by atoms with Crippen molar-refractivity contribution in [1.29, 1.82) is 0 Å². The Hall–Kier alpha value is -1.00. The zero-order valence-electron chi connectivity index (χ0n) is 9.99. The number of halogens is 1. The van der Waals surface area contributed by atoms with Crippen molar-refractivity contribution in [3.8, 4) is 0 Å². The highest BCUT2D eigenvalue weighted by atomic mass is 35.5. The fourth-order valence-electron chi connectivity index (χ4n) is 1.99. The zero-order chi connectivity index (χ0) is 12.8. The molecule has 1 aromatic carbocycles. The Kier molecular flexibility index (Phi) is 2.96. The lowest BCUT2D eigenvalue weighted by Gasteiger charge is -2.07. The van der Waals surface area contributed by atoms with Crippen LogP contribution in [-0.4, -0.2) is 18.7 Å². The molecule has 0 aliphatic rings. The molecule has 0 spiro atoms. The minimum Gasteiger partial charge on any atom is -0.348 e. The van der Waals surface area contributed by atoms with Crippen molar-refractivity contribution in [1.82, 2.24) is 4.57 Å². The molecule has 0 aliphatic carbocycles. The van der Waals surface area contributed by atoms with Crippen LogP contribution in [0.15, 0.2) is 23.2 Å². The average Bonchev–Trinajstić information content (AvgIpc) is 2.53. The third kappa shape index (κ3) is 1.96. The van der Waals surface area contributed by atoms with Gasteiger partial charge in [-0.1, -0.05) is 18.5 Å². The molecule has 2 aromatic rings. The summed E-state index contributed by atoms with van der Waals surface area (Å²) in [5.41, 5.74) is 1.58. The monoisotopic (exact) mass is 271 g/mol. The molecular formula is C12H14ClNO2S. The lowest BCUT2D eigenvalue weighted by atomic mass is 10.2. The minimum absolute atomic E-state index is 0.0916. The summed E-state index contributed by atoms with van der Waals surface area (Å²) >= 11 is 6.10. The molecule has 2 rings (SSSR count). The Bertz CT molecular complexity index is 686. The van der Waals surface area contributed by atoms with E-state index < -0.39 is 9.84 Å². The molecule has 0 atom stereocenters. The van der Waals surface area contributed by atoms with E-state index in [1.807, 2.05) is 13.0 Å². The van der Waals surface area contributed by atoms with Crippen molar-refractivity contribution in [3.05, 3.63) is 28.9 Å². The van der Waals surface area contributed by atoms with E-state index in [4.69, 9.17) is 11.6 Å². The van der Waals surface area contributed by atoms with Crippen molar-refractivity contribution in [2.75, 3.05) is 5.75 Å². The van der Waals surface area contributed by atoms with Gasteiger partial charge in [-0.3, -0.25) is 0 Å². The molecule has 0 radical (unpaired) electrons. The second-order valence-corrected chi connectivity index (χ2v) is 6.80. The number of aromatic nitrogens is 1. The van der Waals surface area contributed by atoms with Gasteiger partial charge in [-0.15, -0.1) is 0 Å². The van der Waals surface area contributed by atoms with Crippen LogP contribution in [0.5, 0.6) is 0 Å². The molecule has 17 heavy (non-hydrogen) atoms. The van der Waals surface area contributed by atoms with Gasteiger partial charge in [0.05, 0.1) is 21.2 Å². The standard InChI is InChI=1S/C12H14ClNO2S/c1-4-17(15,16)11-6-8(2)5-9-10(13)7-14(3)12(9)11/h5-7H,4H2,1-3H3. The summed E-state index contributed by atoms with van der Waals surface area (Å²) in [6.07, 6.45) is 1.74. The van der Waals surface area contributed by atoms with Gasteiger partial charge in [0.25, 0.3) is 0 Å². The van der Waals surface area contributed by atoms with Gasteiger partial charge in [-0.2, -0.15) is 0 Å². The molecule has 1 aromatic heterocycles. The van der Waals surface area contributed by atoms with Gasteiger partial charge < -0.3 is 4.57 Å². The van der Waals surface area contributed by atoms with Crippen molar-refractivity contribution < 1.29 is 8.42 Å². The maximum absolute atomic E-state index is 12.1. The molecule has 0 saturated heterocycles.